The Kier molecular flexibility index (Phi) is 7.47. The van der Waals surface area contributed by atoms with Crippen LogP contribution < -0.4 is 14.5 Å². The Balaban J connectivity index is 1.36. The lowest BCUT2D eigenvalue weighted by molar-refractivity contribution is 0.309. The van der Waals surface area contributed by atoms with Gasteiger partial charge in [0.05, 0.1) is 11.5 Å². The molecule has 0 atom stereocenters. The number of rotatable bonds is 8. The number of hydrogen-bond acceptors (Lipinski definition) is 7. The standard InChI is InChI=1S/C23H33N5O3S/c1-2-3-19-31-20-7-9-21(10-8-20)32(29,30)28-17-15-26(16-18-28)22-11-12-24-23(25-22)27-13-5-4-6-14-27/h7-12H,2-6,13-19H2,1H3. The third kappa shape index (κ3) is 5.32. The van der Waals surface area contributed by atoms with Gasteiger partial charge in [0.25, 0.3) is 0 Å². The molecule has 2 saturated heterocycles. The highest BCUT2D eigenvalue weighted by atomic mass is 32.2. The molecule has 4 rings (SSSR count). The van der Waals surface area contributed by atoms with Crippen molar-refractivity contribution in [3.63, 3.8) is 0 Å². The molecular weight excluding hydrogens is 426 g/mol. The number of piperidine rings is 1. The summed E-state index contributed by atoms with van der Waals surface area (Å²) in [6, 6.07) is 8.66. The van der Waals surface area contributed by atoms with Gasteiger partial charge in [0.2, 0.25) is 16.0 Å². The van der Waals surface area contributed by atoms with Crippen LogP contribution in [-0.2, 0) is 10.0 Å². The van der Waals surface area contributed by atoms with Gasteiger partial charge < -0.3 is 14.5 Å². The highest BCUT2D eigenvalue weighted by molar-refractivity contribution is 7.89. The zero-order chi connectivity index (χ0) is 22.4. The van der Waals surface area contributed by atoms with E-state index in [4.69, 9.17) is 9.72 Å². The zero-order valence-electron chi connectivity index (χ0n) is 18.8. The average Bonchev–Trinajstić information content (AvgIpc) is 2.85. The minimum Gasteiger partial charge on any atom is -0.494 e. The Hall–Kier alpha value is -2.39. The van der Waals surface area contributed by atoms with Crippen molar-refractivity contribution in [1.82, 2.24) is 14.3 Å². The van der Waals surface area contributed by atoms with Crippen molar-refractivity contribution in [3.8, 4) is 5.75 Å². The van der Waals surface area contributed by atoms with Crippen LogP contribution in [0.15, 0.2) is 41.4 Å². The molecule has 0 radical (unpaired) electrons. The van der Waals surface area contributed by atoms with Crippen LogP contribution in [0.3, 0.4) is 0 Å². The van der Waals surface area contributed by atoms with Gasteiger partial charge in [-0.15, -0.1) is 0 Å². The summed E-state index contributed by atoms with van der Waals surface area (Å²) in [6.07, 6.45) is 7.47. The summed E-state index contributed by atoms with van der Waals surface area (Å²) < 4.78 is 33.4. The first kappa shape index (κ1) is 22.8. The molecule has 1 aromatic heterocycles. The van der Waals surface area contributed by atoms with E-state index in [1.54, 1.807) is 34.8 Å². The van der Waals surface area contributed by atoms with Crippen molar-refractivity contribution < 1.29 is 13.2 Å². The number of hydrogen-bond donors (Lipinski definition) is 0. The summed E-state index contributed by atoms with van der Waals surface area (Å²) >= 11 is 0. The van der Waals surface area contributed by atoms with E-state index in [-0.39, 0.29) is 0 Å². The summed E-state index contributed by atoms with van der Waals surface area (Å²) in [4.78, 5) is 13.9. The lowest BCUT2D eigenvalue weighted by atomic mass is 10.1. The molecule has 0 saturated carbocycles. The molecule has 0 unspecified atom stereocenters. The molecule has 9 heteroatoms. The predicted octanol–water partition coefficient (Wildman–Crippen LogP) is 3.16. The van der Waals surface area contributed by atoms with E-state index in [0.29, 0.717) is 43.4 Å². The van der Waals surface area contributed by atoms with Crippen LogP contribution in [0, 0.1) is 0 Å². The van der Waals surface area contributed by atoms with Gasteiger partial charge in [0, 0.05) is 45.5 Å². The average molecular weight is 460 g/mol. The number of unbranched alkanes of at least 4 members (excludes halogenated alkanes) is 1. The summed E-state index contributed by atoms with van der Waals surface area (Å²) in [5.41, 5.74) is 0. The molecule has 8 nitrogen and oxygen atoms in total. The number of benzene rings is 1. The predicted molar refractivity (Wildman–Crippen MR) is 126 cm³/mol. The topological polar surface area (TPSA) is 78.9 Å². The van der Waals surface area contributed by atoms with E-state index in [1.165, 1.54) is 19.3 Å². The molecule has 0 spiro atoms. The molecule has 2 aromatic rings. The van der Waals surface area contributed by atoms with Crippen LogP contribution in [0.2, 0.25) is 0 Å². The van der Waals surface area contributed by atoms with Crippen LogP contribution in [-0.4, -0.2) is 68.6 Å². The lowest BCUT2D eigenvalue weighted by Crippen LogP contribution is -2.49. The molecule has 2 fully saturated rings. The SMILES string of the molecule is CCCCOc1ccc(S(=O)(=O)N2CCN(c3ccnc(N4CCCCC4)n3)CC2)cc1. The van der Waals surface area contributed by atoms with Crippen LogP contribution in [0.1, 0.15) is 39.0 Å². The Morgan fingerprint density at radius 1 is 0.906 bits per heavy atom. The smallest absolute Gasteiger partial charge is 0.243 e. The number of nitrogens with zero attached hydrogens (tertiary/aromatic N) is 5. The molecule has 3 heterocycles. The van der Waals surface area contributed by atoms with E-state index in [9.17, 15) is 8.42 Å². The second-order valence-electron chi connectivity index (χ2n) is 8.33. The van der Waals surface area contributed by atoms with E-state index in [2.05, 4.69) is 21.7 Å². The lowest BCUT2D eigenvalue weighted by Gasteiger charge is -2.35. The Morgan fingerprint density at radius 2 is 1.62 bits per heavy atom. The van der Waals surface area contributed by atoms with Crippen LogP contribution in [0.4, 0.5) is 11.8 Å². The van der Waals surface area contributed by atoms with Crippen LogP contribution in [0.5, 0.6) is 5.75 Å². The molecule has 0 N–H and O–H groups in total. The first-order valence-corrected chi connectivity index (χ1v) is 13.1. The third-order valence-electron chi connectivity index (χ3n) is 6.06. The minimum absolute atomic E-state index is 0.309. The molecule has 0 bridgehead atoms. The first-order chi connectivity index (χ1) is 15.6. The summed E-state index contributed by atoms with van der Waals surface area (Å²) in [6.45, 7) is 6.82. The van der Waals surface area contributed by atoms with Crippen molar-refractivity contribution in [1.29, 1.82) is 0 Å². The molecule has 2 aliphatic rings. The fourth-order valence-corrected chi connectivity index (χ4v) is 5.53. The normalized spacial score (nSPS) is 18.0. The second kappa shape index (κ2) is 10.5. The highest BCUT2D eigenvalue weighted by Crippen LogP contribution is 2.24. The molecule has 1 aromatic carbocycles. The molecule has 0 amide bonds. The number of sulfonamides is 1. The van der Waals surface area contributed by atoms with Crippen LogP contribution in [0.25, 0.3) is 0 Å². The number of anilines is 2. The maximum Gasteiger partial charge on any atom is 0.243 e. The molecule has 0 aliphatic carbocycles. The van der Waals surface area contributed by atoms with Gasteiger partial charge in [-0.05, 0) is 56.0 Å². The van der Waals surface area contributed by atoms with E-state index >= 15 is 0 Å². The molecule has 32 heavy (non-hydrogen) atoms. The largest absolute Gasteiger partial charge is 0.494 e. The van der Waals surface area contributed by atoms with Gasteiger partial charge in [-0.25, -0.2) is 13.4 Å². The molecule has 174 valence electrons. The minimum atomic E-state index is -3.52. The monoisotopic (exact) mass is 459 g/mol. The first-order valence-electron chi connectivity index (χ1n) is 11.6. The highest BCUT2D eigenvalue weighted by Gasteiger charge is 2.29. The van der Waals surface area contributed by atoms with E-state index in [0.717, 1.165) is 37.7 Å². The van der Waals surface area contributed by atoms with Gasteiger partial charge in [0.1, 0.15) is 11.6 Å². The van der Waals surface area contributed by atoms with E-state index < -0.39 is 10.0 Å². The maximum absolute atomic E-state index is 13.1. The van der Waals surface area contributed by atoms with Gasteiger partial charge >= 0.3 is 0 Å². The van der Waals surface area contributed by atoms with Gasteiger partial charge in [-0.3, -0.25) is 0 Å². The van der Waals surface area contributed by atoms with Gasteiger partial charge in [0.15, 0.2) is 0 Å². The van der Waals surface area contributed by atoms with Crippen LogP contribution >= 0.6 is 0 Å². The molecular formula is C23H33N5O3S. The van der Waals surface area contributed by atoms with Crippen molar-refractivity contribution in [3.05, 3.63) is 36.5 Å². The zero-order valence-corrected chi connectivity index (χ0v) is 19.6. The summed E-state index contributed by atoms with van der Waals surface area (Å²) in [5.74, 6) is 2.35. The summed E-state index contributed by atoms with van der Waals surface area (Å²) in [7, 11) is -3.52. The Bertz CT molecular complexity index is 969. The number of aromatic nitrogens is 2. The van der Waals surface area contributed by atoms with Gasteiger partial charge in [-0.1, -0.05) is 13.3 Å². The third-order valence-corrected chi connectivity index (χ3v) is 7.97. The van der Waals surface area contributed by atoms with Crippen molar-refractivity contribution in [2.24, 2.45) is 0 Å². The Labute approximate surface area is 191 Å². The van der Waals surface area contributed by atoms with E-state index in [1.807, 2.05) is 6.07 Å². The number of piperazine rings is 1. The summed E-state index contributed by atoms with van der Waals surface area (Å²) in [5, 5.41) is 0. The fraction of sp³-hybridized carbons (Fsp3) is 0.565. The van der Waals surface area contributed by atoms with Crippen molar-refractivity contribution in [2.45, 2.75) is 43.9 Å². The van der Waals surface area contributed by atoms with Gasteiger partial charge in [-0.2, -0.15) is 9.29 Å². The van der Waals surface area contributed by atoms with Crippen molar-refractivity contribution in [2.75, 3.05) is 55.7 Å². The second-order valence-corrected chi connectivity index (χ2v) is 10.3. The molecule has 2 aliphatic heterocycles. The quantitative estimate of drug-likeness (QED) is 0.561. The fourth-order valence-electron chi connectivity index (χ4n) is 4.11. The van der Waals surface area contributed by atoms with Crippen molar-refractivity contribution >= 4 is 21.8 Å². The maximum atomic E-state index is 13.1. The number of ether oxygens (including phenoxy) is 1. The Morgan fingerprint density at radius 3 is 2.31 bits per heavy atom.